The quantitative estimate of drug-likeness (QED) is 0.229. The molecule has 2 N–H and O–H groups in total. The van der Waals surface area contributed by atoms with Crippen molar-refractivity contribution in [3.8, 4) is 0 Å². The standard InChI is InChI=1S/C26H20Cl2N2O3S2/c27-19-11-16-24(23(28)17-19)29-26(31)25(18-7-3-1-4-8-18)34-21-14-12-20(13-15-21)30-35(32,33)22-9-5-2-6-10-22/h1-17,25,30H,(H,29,31). The van der Waals surface area contributed by atoms with Crippen LogP contribution in [0.3, 0.4) is 0 Å². The van der Waals surface area contributed by atoms with Gasteiger partial charge in [-0.25, -0.2) is 8.42 Å². The Bertz CT molecular complexity index is 1420. The molecule has 0 aliphatic heterocycles. The predicted molar refractivity (Wildman–Crippen MR) is 144 cm³/mol. The van der Waals surface area contributed by atoms with Gasteiger partial charge in [0.1, 0.15) is 5.25 Å². The number of carbonyl (C=O) groups is 1. The first-order valence-electron chi connectivity index (χ1n) is 10.5. The van der Waals surface area contributed by atoms with Gasteiger partial charge in [-0.1, -0.05) is 71.7 Å². The summed E-state index contributed by atoms with van der Waals surface area (Å²) in [6, 6.07) is 29.3. The fraction of sp³-hybridized carbons (Fsp3) is 0.0385. The second kappa shape index (κ2) is 11.2. The fourth-order valence-electron chi connectivity index (χ4n) is 3.24. The van der Waals surface area contributed by atoms with E-state index in [-0.39, 0.29) is 10.8 Å². The predicted octanol–water partition coefficient (Wildman–Crippen LogP) is 7.27. The van der Waals surface area contributed by atoms with Crippen LogP contribution in [0, 0.1) is 0 Å². The normalized spacial score (nSPS) is 12.1. The molecule has 1 amide bonds. The molecule has 1 atom stereocenters. The lowest BCUT2D eigenvalue weighted by Crippen LogP contribution is -2.19. The average Bonchev–Trinajstić information content (AvgIpc) is 2.86. The molecular weight excluding hydrogens is 523 g/mol. The summed E-state index contributed by atoms with van der Waals surface area (Å²) in [5.41, 5.74) is 1.70. The molecule has 4 aromatic carbocycles. The number of benzene rings is 4. The third-order valence-electron chi connectivity index (χ3n) is 4.94. The van der Waals surface area contributed by atoms with Crippen LogP contribution < -0.4 is 10.0 Å². The minimum Gasteiger partial charge on any atom is -0.323 e. The Balaban J connectivity index is 1.53. The van der Waals surface area contributed by atoms with Gasteiger partial charge >= 0.3 is 0 Å². The van der Waals surface area contributed by atoms with Gasteiger partial charge in [0, 0.05) is 15.6 Å². The molecule has 9 heteroatoms. The van der Waals surface area contributed by atoms with E-state index in [1.165, 1.54) is 23.9 Å². The van der Waals surface area contributed by atoms with E-state index in [2.05, 4.69) is 10.0 Å². The minimum absolute atomic E-state index is 0.181. The number of rotatable bonds is 8. The molecule has 1 unspecified atom stereocenters. The maximum atomic E-state index is 13.3. The molecule has 0 saturated carbocycles. The number of amides is 1. The van der Waals surface area contributed by atoms with Gasteiger partial charge in [0.05, 0.1) is 15.6 Å². The number of carbonyl (C=O) groups excluding carboxylic acids is 1. The van der Waals surface area contributed by atoms with Gasteiger partial charge in [-0.05, 0) is 60.2 Å². The monoisotopic (exact) mass is 542 g/mol. The van der Waals surface area contributed by atoms with Crippen LogP contribution in [-0.2, 0) is 14.8 Å². The van der Waals surface area contributed by atoms with Crippen LogP contribution in [0.5, 0.6) is 0 Å². The highest BCUT2D eigenvalue weighted by Gasteiger charge is 2.23. The zero-order chi connectivity index (χ0) is 24.8. The van der Waals surface area contributed by atoms with E-state index < -0.39 is 15.3 Å². The highest BCUT2D eigenvalue weighted by atomic mass is 35.5. The van der Waals surface area contributed by atoms with Gasteiger partial charge in [-0.15, -0.1) is 11.8 Å². The Morgan fingerprint density at radius 3 is 2.06 bits per heavy atom. The average molecular weight is 543 g/mol. The van der Waals surface area contributed by atoms with E-state index in [0.717, 1.165) is 10.5 Å². The SMILES string of the molecule is O=C(Nc1ccc(Cl)cc1Cl)C(Sc1ccc(NS(=O)(=O)c2ccccc2)cc1)c1ccccc1. The topological polar surface area (TPSA) is 75.3 Å². The van der Waals surface area contributed by atoms with Crippen LogP contribution in [0.1, 0.15) is 10.8 Å². The molecule has 0 saturated heterocycles. The number of hydrogen-bond acceptors (Lipinski definition) is 4. The summed E-state index contributed by atoms with van der Waals surface area (Å²) >= 11 is 13.5. The van der Waals surface area contributed by atoms with Crippen LogP contribution in [0.25, 0.3) is 0 Å². The molecule has 35 heavy (non-hydrogen) atoms. The second-order valence-corrected chi connectivity index (χ2v) is 11.2. The summed E-state index contributed by atoms with van der Waals surface area (Å²) < 4.78 is 27.7. The molecule has 0 aromatic heterocycles. The summed E-state index contributed by atoms with van der Waals surface area (Å²) in [6.07, 6.45) is 0. The van der Waals surface area contributed by atoms with Crippen molar-refractivity contribution in [2.75, 3.05) is 10.0 Å². The van der Waals surface area contributed by atoms with Crippen LogP contribution >= 0.6 is 35.0 Å². The molecule has 5 nitrogen and oxygen atoms in total. The van der Waals surface area contributed by atoms with Gasteiger partial charge in [-0.2, -0.15) is 0 Å². The Hall–Kier alpha value is -2.97. The Kier molecular flexibility index (Phi) is 8.03. The Morgan fingerprint density at radius 1 is 0.800 bits per heavy atom. The molecular formula is C26H20Cl2N2O3S2. The molecule has 0 aliphatic rings. The number of thioether (sulfide) groups is 1. The lowest BCUT2D eigenvalue weighted by Gasteiger charge is -2.18. The second-order valence-electron chi connectivity index (χ2n) is 7.46. The van der Waals surface area contributed by atoms with Crippen molar-refractivity contribution in [2.45, 2.75) is 15.0 Å². The van der Waals surface area contributed by atoms with Crippen molar-refractivity contribution < 1.29 is 13.2 Å². The zero-order valence-corrected chi connectivity index (χ0v) is 21.3. The maximum absolute atomic E-state index is 13.3. The van der Waals surface area contributed by atoms with Crippen molar-refractivity contribution in [3.05, 3.63) is 119 Å². The van der Waals surface area contributed by atoms with E-state index in [4.69, 9.17) is 23.2 Å². The van der Waals surface area contributed by atoms with Gasteiger partial charge in [0.25, 0.3) is 10.0 Å². The lowest BCUT2D eigenvalue weighted by atomic mass is 10.1. The molecule has 0 radical (unpaired) electrons. The van der Waals surface area contributed by atoms with Gasteiger partial charge in [0.15, 0.2) is 0 Å². The molecule has 0 heterocycles. The van der Waals surface area contributed by atoms with Gasteiger partial charge in [0.2, 0.25) is 5.91 Å². The Morgan fingerprint density at radius 2 is 1.43 bits per heavy atom. The van der Waals surface area contributed by atoms with Crippen molar-refractivity contribution in [1.29, 1.82) is 0 Å². The first-order chi connectivity index (χ1) is 16.8. The first kappa shape index (κ1) is 25.1. The van der Waals surface area contributed by atoms with E-state index in [1.807, 2.05) is 30.3 Å². The minimum atomic E-state index is -3.69. The summed E-state index contributed by atoms with van der Waals surface area (Å²) in [7, 11) is -3.69. The van der Waals surface area contributed by atoms with Crippen LogP contribution in [0.15, 0.2) is 113 Å². The Labute approximate surface area is 218 Å². The smallest absolute Gasteiger partial charge is 0.261 e. The third-order valence-corrected chi connectivity index (χ3v) is 8.15. The largest absolute Gasteiger partial charge is 0.323 e. The molecule has 0 spiro atoms. The van der Waals surface area contributed by atoms with Gasteiger partial charge < -0.3 is 5.32 Å². The summed E-state index contributed by atoms with van der Waals surface area (Å²) in [4.78, 5) is 14.2. The molecule has 0 aliphatic carbocycles. The van der Waals surface area contributed by atoms with Crippen molar-refractivity contribution in [2.24, 2.45) is 0 Å². The van der Waals surface area contributed by atoms with Crippen molar-refractivity contribution in [1.82, 2.24) is 0 Å². The van der Waals surface area contributed by atoms with Gasteiger partial charge in [-0.3, -0.25) is 9.52 Å². The summed E-state index contributed by atoms with van der Waals surface area (Å²) in [5.74, 6) is -0.251. The molecule has 178 valence electrons. The third kappa shape index (κ3) is 6.58. The van der Waals surface area contributed by atoms with Crippen LogP contribution in [0.2, 0.25) is 10.0 Å². The first-order valence-corrected chi connectivity index (χ1v) is 13.6. The number of hydrogen-bond donors (Lipinski definition) is 2. The van der Waals surface area contributed by atoms with E-state index >= 15 is 0 Å². The fourth-order valence-corrected chi connectivity index (χ4v) is 5.80. The van der Waals surface area contributed by atoms with E-state index in [0.29, 0.717) is 21.4 Å². The summed E-state index contributed by atoms with van der Waals surface area (Å²) in [5, 5.41) is 3.12. The number of sulfonamides is 1. The molecule has 0 bridgehead atoms. The zero-order valence-electron chi connectivity index (χ0n) is 18.2. The lowest BCUT2D eigenvalue weighted by molar-refractivity contribution is -0.115. The van der Waals surface area contributed by atoms with Crippen LogP contribution in [0.4, 0.5) is 11.4 Å². The van der Waals surface area contributed by atoms with E-state index in [9.17, 15) is 13.2 Å². The van der Waals surface area contributed by atoms with Crippen LogP contribution in [-0.4, -0.2) is 14.3 Å². The maximum Gasteiger partial charge on any atom is 0.261 e. The number of nitrogens with one attached hydrogen (secondary N) is 2. The number of halogens is 2. The van der Waals surface area contributed by atoms with Crippen molar-refractivity contribution in [3.63, 3.8) is 0 Å². The van der Waals surface area contributed by atoms with Crippen molar-refractivity contribution >= 4 is 62.3 Å². The molecule has 0 fully saturated rings. The highest BCUT2D eigenvalue weighted by molar-refractivity contribution is 8.00. The summed E-state index contributed by atoms with van der Waals surface area (Å²) in [6.45, 7) is 0. The molecule has 4 rings (SSSR count). The highest BCUT2D eigenvalue weighted by Crippen LogP contribution is 2.37. The number of anilines is 2. The molecule has 4 aromatic rings. The van der Waals surface area contributed by atoms with E-state index in [1.54, 1.807) is 60.7 Å².